The minimum absolute atomic E-state index is 0. The highest BCUT2D eigenvalue weighted by atomic mass is 19.1. The minimum atomic E-state index is -0.356. The molecule has 0 aliphatic carbocycles. The van der Waals surface area contributed by atoms with Gasteiger partial charge in [0.15, 0.2) is 5.78 Å². The molecule has 3 aromatic rings. The lowest BCUT2D eigenvalue weighted by atomic mass is 10.1. The lowest BCUT2D eigenvalue weighted by molar-refractivity contribution is 0.103. The van der Waals surface area contributed by atoms with Crippen molar-refractivity contribution in [3.63, 3.8) is 0 Å². The SMILES string of the molecule is C.CNCCOc1cccc(C(=O)c2cnn(-c3ccc(F)cc3)c2N)c1. The van der Waals surface area contributed by atoms with E-state index in [0.717, 1.165) is 0 Å². The molecule has 6 nitrogen and oxygen atoms in total. The molecule has 0 unspecified atom stereocenters. The number of carbonyl (C=O) groups excluding carboxylic acids is 1. The largest absolute Gasteiger partial charge is 0.492 e. The molecule has 3 N–H and O–H groups in total. The van der Waals surface area contributed by atoms with E-state index in [1.54, 1.807) is 36.4 Å². The number of nitrogens with one attached hydrogen (secondary N) is 1. The van der Waals surface area contributed by atoms with Gasteiger partial charge in [-0.1, -0.05) is 19.6 Å². The van der Waals surface area contributed by atoms with Gasteiger partial charge in [0.1, 0.15) is 24.0 Å². The van der Waals surface area contributed by atoms with Crippen LogP contribution in [-0.2, 0) is 0 Å². The molecule has 0 spiro atoms. The van der Waals surface area contributed by atoms with E-state index >= 15 is 0 Å². The highest BCUT2D eigenvalue weighted by molar-refractivity contribution is 6.11. The number of halogens is 1. The average molecular weight is 370 g/mol. The van der Waals surface area contributed by atoms with Gasteiger partial charge in [0.05, 0.1) is 17.4 Å². The Hall–Kier alpha value is -3.19. The molecule has 0 bridgehead atoms. The first-order valence-corrected chi connectivity index (χ1v) is 8.11. The van der Waals surface area contributed by atoms with E-state index in [1.807, 2.05) is 7.05 Å². The monoisotopic (exact) mass is 370 g/mol. The van der Waals surface area contributed by atoms with E-state index in [9.17, 15) is 9.18 Å². The van der Waals surface area contributed by atoms with Crippen LogP contribution >= 0.6 is 0 Å². The van der Waals surface area contributed by atoms with Crippen molar-refractivity contribution in [3.05, 3.63) is 71.7 Å². The molecule has 7 heteroatoms. The number of ether oxygens (including phenoxy) is 1. The van der Waals surface area contributed by atoms with Crippen molar-refractivity contribution in [3.8, 4) is 11.4 Å². The van der Waals surface area contributed by atoms with Crippen molar-refractivity contribution in [1.29, 1.82) is 0 Å². The van der Waals surface area contributed by atoms with Gasteiger partial charge in [0.25, 0.3) is 0 Å². The first-order chi connectivity index (χ1) is 12.6. The van der Waals surface area contributed by atoms with Crippen LogP contribution < -0.4 is 15.8 Å². The summed E-state index contributed by atoms with van der Waals surface area (Å²) in [6, 6.07) is 12.6. The molecule has 1 aromatic heterocycles. The van der Waals surface area contributed by atoms with Crippen molar-refractivity contribution in [2.75, 3.05) is 25.9 Å². The van der Waals surface area contributed by atoms with E-state index in [0.29, 0.717) is 30.2 Å². The summed E-state index contributed by atoms with van der Waals surface area (Å²) in [7, 11) is 1.84. The first kappa shape index (κ1) is 20.1. The Bertz CT molecular complexity index is 907. The smallest absolute Gasteiger partial charge is 0.198 e. The van der Waals surface area contributed by atoms with Gasteiger partial charge in [-0.3, -0.25) is 4.79 Å². The van der Waals surface area contributed by atoms with Crippen LogP contribution in [0.25, 0.3) is 5.69 Å². The molecule has 2 aromatic carbocycles. The van der Waals surface area contributed by atoms with E-state index in [1.165, 1.54) is 23.0 Å². The van der Waals surface area contributed by atoms with Crippen LogP contribution in [0.3, 0.4) is 0 Å². The molecule has 0 saturated heterocycles. The highest BCUT2D eigenvalue weighted by Crippen LogP contribution is 2.22. The normalized spacial score (nSPS) is 10.3. The molecule has 0 aliphatic rings. The number of nitrogen functional groups attached to an aromatic ring is 1. The van der Waals surface area contributed by atoms with Gasteiger partial charge >= 0.3 is 0 Å². The fourth-order valence-electron chi connectivity index (χ4n) is 2.47. The molecule has 1 heterocycles. The molecule has 3 rings (SSSR count). The Morgan fingerprint density at radius 3 is 2.70 bits per heavy atom. The minimum Gasteiger partial charge on any atom is -0.492 e. The van der Waals surface area contributed by atoms with Crippen molar-refractivity contribution in [2.45, 2.75) is 7.43 Å². The predicted molar refractivity (Wildman–Crippen MR) is 104 cm³/mol. The van der Waals surface area contributed by atoms with Crippen LogP contribution in [0.4, 0.5) is 10.2 Å². The molecule has 0 radical (unpaired) electrons. The third-order valence-electron chi connectivity index (χ3n) is 3.84. The topological polar surface area (TPSA) is 82.2 Å². The van der Waals surface area contributed by atoms with Crippen molar-refractivity contribution in [2.24, 2.45) is 0 Å². The number of hydrogen-bond donors (Lipinski definition) is 2. The van der Waals surface area contributed by atoms with Crippen LogP contribution in [0.15, 0.2) is 54.7 Å². The summed E-state index contributed by atoms with van der Waals surface area (Å²) < 4.78 is 20.1. The number of hydrogen-bond acceptors (Lipinski definition) is 5. The Morgan fingerprint density at radius 2 is 2.00 bits per heavy atom. The fraction of sp³-hybridized carbons (Fsp3) is 0.200. The zero-order chi connectivity index (χ0) is 18.5. The molecule has 0 aliphatic heterocycles. The third kappa shape index (κ3) is 4.51. The maximum atomic E-state index is 13.1. The number of rotatable bonds is 7. The van der Waals surface area contributed by atoms with Gasteiger partial charge in [-0.2, -0.15) is 5.10 Å². The summed E-state index contributed by atoms with van der Waals surface area (Å²) in [6.07, 6.45) is 1.41. The molecular weight excluding hydrogens is 347 g/mol. The van der Waals surface area contributed by atoms with E-state index < -0.39 is 0 Å². The third-order valence-corrected chi connectivity index (χ3v) is 3.84. The summed E-state index contributed by atoms with van der Waals surface area (Å²) >= 11 is 0. The first-order valence-electron chi connectivity index (χ1n) is 8.11. The molecule has 0 fully saturated rings. The average Bonchev–Trinajstić information content (AvgIpc) is 3.04. The summed E-state index contributed by atoms with van der Waals surface area (Å²) in [5, 5.41) is 7.14. The van der Waals surface area contributed by atoms with Gasteiger partial charge in [-0.05, 0) is 43.4 Å². The maximum absolute atomic E-state index is 13.1. The van der Waals surface area contributed by atoms with Gasteiger partial charge in [0.2, 0.25) is 0 Å². The van der Waals surface area contributed by atoms with Crippen LogP contribution in [0.2, 0.25) is 0 Å². The Kier molecular flexibility index (Phi) is 6.67. The van der Waals surface area contributed by atoms with Crippen LogP contribution in [-0.4, -0.2) is 35.8 Å². The van der Waals surface area contributed by atoms with E-state index in [4.69, 9.17) is 10.5 Å². The Morgan fingerprint density at radius 1 is 1.26 bits per heavy atom. The lowest BCUT2D eigenvalue weighted by Crippen LogP contribution is -2.16. The summed E-state index contributed by atoms with van der Waals surface area (Å²) in [4.78, 5) is 12.8. The summed E-state index contributed by atoms with van der Waals surface area (Å²) in [5.41, 5.74) is 7.41. The summed E-state index contributed by atoms with van der Waals surface area (Å²) in [5.74, 6) is 0.194. The van der Waals surface area contributed by atoms with Crippen LogP contribution in [0, 0.1) is 5.82 Å². The standard InChI is InChI=1S/C19H19FN4O2.CH4/c1-22-9-10-26-16-4-2-3-13(11-16)18(25)17-12-23-24(19(17)21)15-7-5-14(20)6-8-15;/h2-8,11-12,22H,9-10,21H2,1H3;1H4. The number of anilines is 1. The van der Waals surface area contributed by atoms with Gasteiger partial charge in [0, 0.05) is 12.1 Å². The Balaban J connectivity index is 0.00000261. The molecule has 27 heavy (non-hydrogen) atoms. The number of likely N-dealkylation sites (N-methyl/N-ethyl adjacent to an activating group) is 1. The number of carbonyl (C=O) groups is 1. The van der Waals surface area contributed by atoms with Gasteiger partial charge < -0.3 is 15.8 Å². The van der Waals surface area contributed by atoms with Gasteiger partial charge in [-0.25, -0.2) is 9.07 Å². The van der Waals surface area contributed by atoms with E-state index in [-0.39, 0.29) is 30.4 Å². The maximum Gasteiger partial charge on any atom is 0.198 e. The number of ketones is 1. The fourth-order valence-corrected chi connectivity index (χ4v) is 2.47. The predicted octanol–water partition coefficient (Wildman–Crippen LogP) is 3.06. The molecule has 0 saturated carbocycles. The zero-order valence-corrected chi connectivity index (χ0v) is 14.3. The summed E-state index contributed by atoms with van der Waals surface area (Å²) in [6.45, 7) is 1.20. The second-order valence-corrected chi connectivity index (χ2v) is 5.64. The number of nitrogens with zero attached hydrogens (tertiary/aromatic N) is 2. The van der Waals surface area contributed by atoms with Crippen molar-refractivity contribution in [1.82, 2.24) is 15.1 Å². The molecular formula is C20H23FN4O2. The molecule has 0 atom stereocenters. The highest BCUT2D eigenvalue weighted by Gasteiger charge is 2.18. The zero-order valence-electron chi connectivity index (χ0n) is 14.3. The van der Waals surface area contributed by atoms with Crippen LogP contribution in [0.1, 0.15) is 23.3 Å². The van der Waals surface area contributed by atoms with E-state index in [2.05, 4.69) is 10.4 Å². The number of aromatic nitrogens is 2. The number of nitrogens with two attached hydrogens (primary N) is 1. The lowest BCUT2D eigenvalue weighted by Gasteiger charge is -2.08. The quantitative estimate of drug-likeness (QED) is 0.493. The van der Waals surface area contributed by atoms with Gasteiger partial charge in [-0.15, -0.1) is 0 Å². The van der Waals surface area contributed by atoms with Crippen LogP contribution in [0.5, 0.6) is 5.75 Å². The van der Waals surface area contributed by atoms with Crippen molar-refractivity contribution >= 4 is 11.6 Å². The second-order valence-electron chi connectivity index (χ2n) is 5.64. The second kappa shape index (κ2) is 8.95. The number of benzene rings is 2. The molecule has 142 valence electrons. The molecule has 0 amide bonds. The Labute approximate surface area is 157 Å². The van der Waals surface area contributed by atoms with Crippen molar-refractivity contribution < 1.29 is 13.9 Å².